The van der Waals surface area contributed by atoms with E-state index in [1.807, 2.05) is 0 Å². The molecule has 2 bridgehead atoms. The Kier molecular flexibility index (Phi) is 8.16. The summed E-state index contributed by atoms with van der Waals surface area (Å²) in [6.45, 7) is 18.3. The summed E-state index contributed by atoms with van der Waals surface area (Å²) in [4.78, 5) is 39.2. The highest BCUT2D eigenvalue weighted by Crippen LogP contribution is 2.49. The number of fused-ring (bicyclic) bond motifs is 2. The fourth-order valence-corrected chi connectivity index (χ4v) is 5.09. The Morgan fingerprint density at radius 3 is 2.19 bits per heavy atom. The standard InChI is InChI=1S/C24H40O7Si/c1-15(2)29-21(26)19-17-11-12-18(25)24(31-17,20(19)22(27)30-16(3)4)13-10-14-28-32(8,9)23(5,6)7/h11-12,15-17,19-20H,10,13-14H2,1-9H3/t17-,19+,20+,24+/m1/s1. The van der Waals surface area contributed by atoms with Crippen LogP contribution >= 0.6 is 0 Å². The molecule has 0 aromatic rings. The molecule has 0 N–H and O–H groups in total. The number of esters is 2. The van der Waals surface area contributed by atoms with Crippen molar-refractivity contribution >= 4 is 26.0 Å². The van der Waals surface area contributed by atoms with E-state index < -0.39 is 43.8 Å². The van der Waals surface area contributed by atoms with Crippen molar-refractivity contribution in [3.8, 4) is 0 Å². The van der Waals surface area contributed by atoms with Crippen LogP contribution in [0.1, 0.15) is 61.3 Å². The first-order chi connectivity index (χ1) is 14.6. The van der Waals surface area contributed by atoms with E-state index in [2.05, 4.69) is 33.9 Å². The van der Waals surface area contributed by atoms with E-state index in [0.29, 0.717) is 13.0 Å². The molecule has 32 heavy (non-hydrogen) atoms. The van der Waals surface area contributed by atoms with Crippen LogP contribution in [0.3, 0.4) is 0 Å². The average Bonchev–Trinajstić information content (AvgIpc) is 2.91. The summed E-state index contributed by atoms with van der Waals surface area (Å²) in [7, 11) is -1.95. The maximum absolute atomic E-state index is 13.2. The van der Waals surface area contributed by atoms with Crippen LogP contribution in [-0.4, -0.2) is 56.6 Å². The van der Waals surface area contributed by atoms with Gasteiger partial charge in [0.1, 0.15) is 17.4 Å². The Morgan fingerprint density at radius 2 is 1.66 bits per heavy atom. The zero-order valence-corrected chi connectivity index (χ0v) is 22.0. The molecule has 2 aliphatic rings. The van der Waals surface area contributed by atoms with E-state index in [4.69, 9.17) is 18.6 Å². The van der Waals surface area contributed by atoms with E-state index in [0.717, 1.165) is 0 Å². The third-order valence-electron chi connectivity index (χ3n) is 6.61. The van der Waals surface area contributed by atoms with Crippen molar-refractivity contribution in [3.05, 3.63) is 12.2 Å². The normalized spacial score (nSPS) is 27.8. The zero-order chi connectivity index (χ0) is 24.5. The van der Waals surface area contributed by atoms with Crippen LogP contribution < -0.4 is 0 Å². The summed E-state index contributed by atoms with van der Waals surface area (Å²) < 4.78 is 23.3. The molecule has 0 radical (unpaired) electrons. The molecular formula is C24H40O7Si. The Morgan fingerprint density at radius 1 is 1.09 bits per heavy atom. The lowest BCUT2D eigenvalue weighted by atomic mass is 9.76. The van der Waals surface area contributed by atoms with Crippen molar-refractivity contribution in [1.29, 1.82) is 0 Å². The third-order valence-corrected chi connectivity index (χ3v) is 11.1. The number of hydrogen-bond acceptors (Lipinski definition) is 7. The molecule has 0 aromatic heterocycles. The Bertz CT molecular complexity index is 750. The Labute approximate surface area is 193 Å². The lowest BCUT2D eigenvalue weighted by Crippen LogP contribution is -2.50. The number of ketones is 1. The molecule has 7 nitrogen and oxygen atoms in total. The van der Waals surface area contributed by atoms with Gasteiger partial charge >= 0.3 is 11.9 Å². The molecule has 0 unspecified atom stereocenters. The fraction of sp³-hybridized carbons (Fsp3) is 0.792. The van der Waals surface area contributed by atoms with Gasteiger partial charge in [0.25, 0.3) is 0 Å². The van der Waals surface area contributed by atoms with E-state index >= 15 is 0 Å². The largest absolute Gasteiger partial charge is 0.463 e. The van der Waals surface area contributed by atoms with E-state index in [-0.39, 0.29) is 29.5 Å². The van der Waals surface area contributed by atoms with Gasteiger partial charge in [0.2, 0.25) is 0 Å². The van der Waals surface area contributed by atoms with Crippen LogP contribution in [-0.2, 0) is 33.0 Å². The van der Waals surface area contributed by atoms with Crippen molar-refractivity contribution in [2.45, 2.75) is 103 Å². The fourth-order valence-electron chi connectivity index (χ4n) is 4.00. The minimum absolute atomic E-state index is 0.0684. The zero-order valence-electron chi connectivity index (χ0n) is 21.0. The van der Waals surface area contributed by atoms with Gasteiger partial charge in [-0.05, 0) is 64.7 Å². The van der Waals surface area contributed by atoms with Gasteiger partial charge in [-0.25, -0.2) is 0 Å². The summed E-state index contributed by atoms with van der Waals surface area (Å²) in [5.41, 5.74) is -1.44. The maximum Gasteiger partial charge on any atom is 0.313 e. The molecule has 0 spiro atoms. The van der Waals surface area contributed by atoms with Crippen LogP contribution in [0, 0.1) is 11.8 Å². The molecule has 0 saturated carbocycles. The minimum atomic E-state index is -1.95. The molecule has 2 rings (SSSR count). The van der Waals surface area contributed by atoms with Crippen molar-refractivity contribution in [2.75, 3.05) is 6.61 Å². The molecule has 182 valence electrons. The Hall–Kier alpha value is -1.51. The molecule has 2 aliphatic heterocycles. The van der Waals surface area contributed by atoms with Gasteiger partial charge in [-0.2, -0.15) is 0 Å². The molecular weight excluding hydrogens is 428 g/mol. The molecule has 0 aliphatic carbocycles. The molecule has 2 heterocycles. The van der Waals surface area contributed by atoms with Gasteiger partial charge in [0, 0.05) is 6.61 Å². The van der Waals surface area contributed by atoms with E-state index in [9.17, 15) is 14.4 Å². The molecule has 4 atom stereocenters. The van der Waals surface area contributed by atoms with Crippen molar-refractivity contribution < 1.29 is 33.0 Å². The summed E-state index contributed by atoms with van der Waals surface area (Å²) >= 11 is 0. The SMILES string of the molecule is CC(C)OC(=O)[C@@H]1[C@@H](C(=O)OC(C)C)[C@@]2(CCCO[Si](C)(C)C(C)(C)C)O[C@@H]1C=CC2=O. The molecule has 8 heteroatoms. The molecule has 1 saturated heterocycles. The van der Waals surface area contributed by atoms with Gasteiger partial charge in [-0.15, -0.1) is 0 Å². The van der Waals surface area contributed by atoms with Gasteiger partial charge in [0.05, 0.1) is 18.3 Å². The highest BCUT2D eigenvalue weighted by Gasteiger charge is 2.65. The first-order valence-electron chi connectivity index (χ1n) is 11.6. The minimum Gasteiger partial charge on any atom is -0.463 e. The second-order valence-corrected chi connectivity index (χ2v) is 15.7. The average molecular weight is 469 g/mol. The second-order valence-electron chi connectivity index (χ2n) is 10.9. The smallest absolute Gasteiger partial charge is 0.313 e. The monoisotopic (exact) mass is 468 g/mol. The van der Waals surface area contributed by atoms with Gasteiger partial charge < -0.3 is 18.6 Å². The second kappa shape index (κ2) is 9.77. The van der Waals surface area contributed by atoms with Crippen LogP contribution in [0.4, 0.5) is 0 Å². The van der Waals surface area contributed by atoms with E-state index in [1.165, 1.54) is 6.08 Å². The number of carbonyl (C=O) groups excluding carboxylic acids is 3. The summed E-state index contributed by atoms with van der Waals surface area (Å²) in [5.74, 6) is -3.44. The third kappa shape index (κ3) is 5.51. The summed E-state index contributed by atoms with van der Waals surface area (Å²) in [5, 5.41) is 0.0684. The summed E-state index contributed by atoms with van der Waals surface area (Å²) in [6.07, 6.45) is 2.35. The lowest BCUT2D eigenvalue weighted by molar-refractivity contribution is -0.169. The van der Waals surface area contributed by atoms with E-state index in [1.54, 1.807) is 33.8 Å². The Balaban J connectivity index is 2.29. The summed E-state index contributed by atoms with van der Waals surface area (Å²) in [6, 6.07) is 0. The van der Waals surface area contributed by atoms with Crippen molar-refractivity contribution in [3.63, 3.8) is 0 Å². The predicted molar refractivity (Wildman–Crippen MR) is 124 cm³/mol. The highest BCUT2D eigenvalue weighted by atomic mass is 28.4. The number of hydrogen-bond donors (Lipinski definition) is 0. The van der Waals surface area contributed by atoms with Gasteiger partial charge in [-0.1, -0.05) is 26.8 Å². The lowest BCUT2D eigenvalue weighted by Gasteiger charge is -2.37. The maximum atomic E-state index is 13.2. The highest BCUT2D eigenvalue weighted by molar-refractivity contribution is 6.74. The number of carbonyl (C=O) groups is 3. The van der Waals surface area contributed by atoms with Crippen LogP contribution in [0.15, 0.2) is 12.2 Å². The molecule has 1 fully saturated rings. The predicted octanol–water partition coefficient (Wildman–Crippen LogP) is 4.20. The quantitative estimate of drug-likeness (QED) is 0.285. The van der Waals surface area contributed by atoms with Crippen molar-refractivity contribution in [2.24, 2.45) is 11.8 Å². The van der Waals surface area contributed by atoms with Gasteiger partial charge in [0.15, 0.2) is 14.1 Å². The first-order valence-corrected chi connectivity index (χ1v) is 14.5. The number of rotatable bonds is 9. The first kappa shape index (κ1) is 26.7. The van der Waals surface area contributed by atoms with Crippen LogP contribution in [0.5, 0.6) is 0 Å². The topological polar surface area (TPSA) is 88.1 Å². The van der Waals surface area contributed by atoms with Crippen LogP contribution in [0.25, 0.3) is 0 Å². The van der Waals surface area contributed by atoms with Gasteiger partial charge in [-0.3, -0.25) is 14.4 Å². The molecule has 0 amide bonds. The van der Waals surface area contributed by atoms with Crippen LogP contribution in [0.2, 0.25) is 18.1 Å². The van der Waals surface area contributed by atoms with Crippen molar-refractivity contribution in [1.82, 2.24) is 0 Å². The molecule has 0 aromatic carbocycles. The number of ether oxygens (including phenoxy) is 3.